The van der Waals surface area contributed by atoms with Gasteiger partial charge in [0, 0.05) is 18.3 Å². The van der Waals surface area contributed by atoms with Gasteiger partial charge < -0.3 is 44.6 Å². The molecule has 2 saturated heterocycles. The van der Waals surface area contributed by atoms with Crippen LogP contribution in [-0.2, 0) is 30.4 Å². The largest absolute Gasteiger partial charge is 0.489 e. The summed E-state index contributed by atoms with van der Waals surface area (Å²) >= 11 is 0. The van der Waals surface area contributed by atoms with Crippen LogP contribution in [0.2, 0.25) is 0 Å². The molecule has 0 spiro atoms. The average molecular weight is 847 g/mol. The maximum atomic E-state index is 14.2. The van der Waals surface area contributed by atoms with E-state index in [0.717, 1.165) is 69.9 Å². The number of alkyl carbamates (subject to hydrolysis) is 2. The number of aryl methyl sites for hydroxylation is 1. The predicted molar refractivity (Wildman–Crippen MR) is 234 cm³/mol. The Hall–Kier alpha value is -6.38. The molecule has 4 aromatic rings. The summed E-state index contributed by atoms with van der Waals surface area (Å²) in [5, 5.41) is 5.46. The zero-order valence-electron chi connectivity index (χ0n) is 37.0. The van der Waals surface area contributed by atoms with Crippen molar-refractivity contribution in [3.63, 3.8) is 0 Å². The maximum Gasteiger partial charge on any atom is 0.407 e. The SMILES string of the molecule is COC(=O)N[C@H](C(=O)N1[C@@H](C)CC[C@H]1c1ncc(-c2ccc3c(c2)COC(/C=C(\C)c2nc([C@@H]4C[C@H](C)CN4C(=O)[C@H](NC(=O)OC)c4ccccc4)[nH]c2C)=C3C)[nH]1)C(C)C. The lowest BCUT2D eigenvalue weighted by Gasteiger charge is -2.32. The van der Waals surface area contributed by atoms with Crippen molar-refractivity contribution in [1.29, 1.82) is 0 Å². The zero-order valence-corrected chi connectivity index (χ0v) is 37.0. The number of carbonyl (C=O) groups excluding carboxylic acids is 4. The highest BCUT2D eigenvalue weighted by molar-refractivity contribution is 5.88. The average Bonchev–Trinajstić information content (AvgIpc) is 4.08. The summed E-state index contributed by atoms with van der Waals surface area (Å²) in [6.45, 7) is 14.9. The van der Waals surface area contributed by atoms with Gasteiger partial charge in [0.15, 0.2) is 0 Å². The lowest BCUT2D eigenvalue weighted by Crippen LogP contribution is -2.52. The normalized spacial score (nSPS) is 21.0. The van der Waals surface area contributed by atoms with Gasteiger partial charge in [0.05, 0.1) is 43.9 Å². The summed E-state index contributed by atoms with van der Waals surface area (Å²) in [4.78, 5) is 72.9. The number of hydrogen-bond acceptors (Lipinski definition) is 9. The number of nitrogens with zero attached hydrogens (tertiary/aromatic N) is 4. The number of rotatable bonds is 11. The van der Waals surface area contributed by atoms with E-state index in [1.807, 2.05) is 87.0 Å². The maximum absolute atomic E-state index is 14.2. The zero-order chi connectivity index (χ0) is 44.4. The van der Waals surface area contributed by atoms with Gasteiger partial charge in [-0.2, -0.15) is 0 Å². The molecule has 4 N–H and O–H groups in total. The van der Waals surface area contributed by atoms with Crippen molar-refractivity contribution in [2.24, 2.45) is 11.8 Å². The molecule has 15 nitrogen and oxygen atoms in total. The monoisotopic (exact) mass is 846 g/mol. The van der Waals surface area contributed by atoms with Crippen molar-refractivity contribution in [2.75, 3.05) is 20.8 Å². The summed E-state index contributed by atoms with van der Waals surface area (Å²) in [6, 6.07) is 13.3. The minimum Gasteiger partial charge on any atom is -0.489 e. The lowest BCUT2D eigenvalue weighted by atomic mass is 9.94. The van der Waals surface area contributed by atoms with Crippen LogP contribution in [0.25, 0.3) is 22.4 Å². The first-order valence-electron chi connectivity index (χ1n) is 21.3. The highest BCUT2D eigenvalue weighted by Crippen LogP contribution is 2.40. The molecule has 0 unspecified atom stereocenters. The first kappa shape index (κ1) is 43.7. The molecular formula is C47H58N8O7. The van der Waals surface area contributed by atoms with E-state index in [1.165, 1.54) is 14.2 Å². The van der Waals surface area contributed by atoms with E-state index in [-0.39, 0.29) is 41.8 Å². The number of carbonyl (C=O) groups is 4. The summed E-state index contributed by atoms with van der Waals surface area (Å²) < 4.78 is 16.1. The second-order valence-corrected chi connectivity index (χ2v) is 17.1. The topological polar surface area (TPSA) is 184 Å². The number of aromatic nitrogens is 4. The minimum absolute atomic E-state index is 0.0168. The fraction of sp³-hybridized carbons (Fsp3) is 0.447. The first-order chi connectivity index (χ1) is 29.7. The van der Waals surface area contributed by atoms with Crippen LogP contribution < -0.4 is 10.6 Å². The quantitative estimate of drug-likeness (QED) is 0.117. The van der Waals surface area contributed by atoms with Crippen molar-refractivity contribution in [3.05, 3.63) is 106 Å². The number of fused-ring (bicyclic) bond motifs is 1. The van der Waals surface area contributed by atoms with E-state index in [0.29, 0.717) is 30.4 Å². The lowest BCUT2D eigenvalue weighted by molar-refractivity contribution is -0.137. The molecule has 0 aliphatic carbocycles. The Kier molecular flexibility index (Phi) is 12.9. The van der Waals surface area contributed by atoms with Crippen LogP contribution in [0, 0.1) is 18.8 Å². The number of H-pyrrole nitrogens is 2. The molecule has 0 bridgehead atoms. The highest BCUT2D eigenvalue weighted by atomic mass is 16.5. The predicted octanol–water partition coefficient (Wildman–Crippen LogP) is 7.91. The van der Waals surface area contributed by atoms with E-state index in [4.69, 9.17) is 24.2 Å². The van der Waals surface area contributed by atoms with Gasteiger partial charge >= 0.3 is 12.2 Å². The van der Waals surface area contributed by atoms with Crippen molar-refractivity contribution in [3.8, 4) is 11.3 Å². The molecule has 2 aromatic carbocycles. The Labute approximate surface area is 362 Å². The molecule has 6 atom stereocenters. The molecule has 3 aliphatic rings. The molecule has 3 aliphatic heterocycles. The Bertz CT molecular complexity index is 2380. The Morgan fingerprint density at radius 2 is 1.65 bits per heavy atom. The van der Waals surface area contributed by atoms with Crippen molar-refractivity contribution >= 4 is 35.1 Å². The van der Waals surface area contributed by atoms with E-state index >= 15 is 0 Å². The fourth-order valence-corrected chi connectivity index (χ4v) is 9.04. The Balaban J connectivity index is 1.08. The molecule has 2 aromatic heterocycles. The second-order valence-electron chi connectivity index (χ2n) is 17.1. The smallest absolute Gasteiger partial charge is 0.407 e. The van der Waals surface area contributed by atoms with Gasteiger partial charge in [-0.25, -0.2) is 19.6 Å². The number of methoxy groups -OCH3 is 2. The molecule has 0 saturated carbocycles. The van der Waals surface area contributed by atoms with Crippen LogP contribution in [0.4, 0.5) is 9.59 Å². The van der Waals surface area contributed by atoms with E-state index in [2.05, 4.69) is 52.6 Å². The number of aromatic amines is 2. The van der Waals surface area contributed by atoms with Crippen LogP contribution >= 0.6 is 0 Å². The van der Waals surface area contributed by atoms with Gasteiger partial charge in [-0.3, -0.25) is 9.59 Å². The molecule has 7 rings (SSSR count). The van der Waals surface area contributed by atoms with Gasteiger partial charge in [-0.05, 0) is 104 Å². The Morgan fingerprint density at radius 3 is 2.35 bits per heavy atom. The van der Waals surface area contributed by atoms with E-state index < -0.39 is 24.3 Å². The van der Waals surface area contributed by atoms with Gasteiger partial charge in [-0.15, -0.1) is 0 Å². The Morgan fingerprint density at radius 1 is 0.919 bits per heavy atom. The van der Waals surface area contributed by atoms with E-state index in [9.17, 15) is 19.2 Å². The molecule has 328 valence electrons. The van der Waals surface area contributed by atoms with E-state index in [1.54, 1.807) is 0 Å². The second kappa shape index (κ2) is 18.3. The number of imidazole rings is 2. The van der Waals surface area contributed by atoms with Crippen molar-refractivity contribution in [1.82, 2.24) is 40.4 Å². The summed E-state index contributed by atoms with van der Waals surface area (Å²) in [5.41, 5.74) is 8.16. The number of likely N-dealkylation sites (tertiary alicyclic amines) is 2. The summed E-state index contributed by atoms with van der Waals surface area (Å²) in [7, 11) is 2.57. The molecule has 0 radical (unpaired) electrons. The number of allylic oxidation sites excluding steroid dienone is 3. The molecule has 2 fully saturated rings. The number of ether oxygens (including phenoxy) is 3. The van der Waals surface area contributed by atoms with Crippen LogP contribution in [0.1, 0.15) is 119 Å². The van der Waals surface area contributed by atoms with Gasteiger partial charge in [-0.1, -0.05) is 63.2 Å². The number of amides is 4. The van der Waals surface area contributed by atoms with Crippen LogP contribution in [0.5, 0.6) is 0 Å². The molecule has 4 amide bonds. The van der Waals surface area contributed by atoms with Crippen LogP contribution in [0.15, 0.2) is 66.6 Å². The first-order valence-corrected chi connectivity index (χ1v) is 21.3. The standard InChI is InChI=1S/C47H58N8O7/c1-25(2)39(52-46(58)60-8)45(57)55-28(5)15-18-36(55)42-48-22-35(50-42)32-16-17-34-29(6)38(62-24-33(34)21-32)20-27(4)40-30(7)49-43(51-40)37-19-26(3)23-54(37)44(56)41(53-47(59)61-9)31-13-11-10-12-14-31/h10-14,16-17,20-22,25-26,28,36-37,39,41H,15,18-19,23-24H2,1-9H3,(H,48,50)(H,49,51)(H,52,58)(H,53,59)/b27-20+/t26-,28-,36-,37-,39-,41+/m0/s1. The number of hydrogen-bond donors (Lipinski definition) is 4. The number of nitrogens with one attached hydrogen (secondary N) is 4. The van der Waals surface area contributed by atoms with Crippen LogP contribution in [-0.4, -0.2) is 86.6 Å². The van der Waals surface area contributed by atoms with Crippen molar-refractivity contribution < 1.29 is 33.4 Å². The molecule has 15 heteroatoms. The molecule has 5 heterocycles. The van der Waals surface area contributed by atoms with Crippen LogP contribution in [0.3, 0.4) is 0 Å². The highest BCUT2D eigenvalue weighted by Gasteiger charge is 2.42. The fourth-order valence-electron chi connectivity index (χ4n) is 9.04. The molecular weight excluding hydrogens is 789 g/mol. The summed E-state index contributed by atoms with van der Waals surface area (Å²) in [6.07, 6.45) is 4.81. The third kappa shape index (κ3) is 8.84. The van der Waals surface area contributed by atoms with Gasteiger partial charge in [0.2, 0.25) is 5.91 Å². The third-order valence-corrected chi connectivity index (χ3v) is 12.4. The van der Waals surface area contributed by atoms with Gasteiger partial charge in [0.25, 0.3) is 5.91 Å². The van der Waals surface area contributed by atoms with Gasteiger partial charge in [0.1, 0.15) is 36.1 Å². The van der Waals surface area contributed by atoms with Crippen molar-refractivity contribution in [2.45, 2.75) is 105 Å². The minimum atomic E-state index is -0.909. The number of benzene rings is 2. The summed E-state index contributed by atoms with van der Waals surface area (Å²) in [5.74, 6) is 1.87. The third-order valence-electron chi connectivity index (χ3n) is 12.4. The molecule has 62 heavy (non-hydrogen) atoms.